The Kier molecular flexibility index (Phi) is 6.65. The van der Waals surface area contributed by atoms with Crippen LogP contribution in [0.1, 0.15) is 58.9 Å². The van der Waals surface area contributed by atoms with Crippen LogP contribution in [0, 0.1) is 0 Å². The molecule has 5 heteroatoms. The molecule has 0 aromatic heterocycles. The number of nitrogens with zero attached hydrogens (tertiary/aromatic N) is 2. The number of anilines is 3. The lowest BCUT2D eigenvalue weighted by molar-refractivity contribution is 0.0983. The topological polar surface area (TPSA) is 52.7 Å². The summed E-state index contributed by atoms with van der Waals surface area (Å²) in [6.45, 7) is 6.08. The van der Waals surface area contributed by atoms with Crippen LogP contribution in [0.25, 0.3) is 11.1 Å². The molecule has 2 aliphatic heterocycles. The summed E-state index contributed by atoms with van der Waals surface area (Å²) in [6.07, 6.45) is 2.26. The van der Waals surface area contributed by atoms with E-state index in [9.17, 15) is 9.59 Å². The molecule has 6 rings (SSSR count). The van der Waals surface area contributed by atoms with E-state index in [-0.39, 0.29) is 11.8 Å². The van der Waals surface area contributed by atoms with Crippen LogP contribution in [0.4, 0.5) is 17.1 Å². The lowest BCUT2D eigenvalue weighted by atomic mass is 9.95. The van der Waals surface area contributed by atoms with Crippen molar-refractivity contribution in [1.82, 2.24) is 0 Å². The van der Waals surface area contributed by atoms with E-state index >= 15 is 0 Å². The third kappa shape index (κ3) is 4.81. The smallest absolute Gasteiger partial charge is 0.258 e. The average molecular weight is 516 g/mol. The number of hydrogen-bond donors (Lipinski definition) is 1. The van der Waals surface area contributed by atoms with Gasteiger partial charge in [0.2, 0.25) is 0 Å². The molecule has 0 saturated carbocycles. The fourth-order valence-electron chi connectivity index (χ4n) is 5.81. The van der Waals surface area contributed by atoms with Gasteiger partial charge in [-0.1, -0.05) is 68.4 Å². The number of para-hydroxylation sites is 2. The highest BCUT2D eigenvalue weighted by Gasteiger charge is 2.36. The van der Waals surface area contributed by atoms with Gasteiger partial charge in [-0.25, -0.2) is 0 Å². The molecular weight excluding hydrogens is 482 g/mol. The quantitative estimate of drug-likeness (QED) is 0.302. The summed E-state index contributed by atoms with van der Waals surface area (Å²) in [7, 11) is 0. The summed E-state index contributed by atoms with van der Waals surface area (Å²) >= 11 is 0. The van der Waals surface area contributed by atoms with E-state index in [1.807, 2.05) is 59.5 Å². The lowest BCUT2D eigenvalue weighted by Crippen LogP contribution is -2.48. The van der Waals surface area contributed by atoms with Gasteiger partial charge in [-0.15, -0.1) is 0 Å². The Morgan fingerprint density at radius 3 is 2.26 bits per heavy atom. The first-order valence-electron chi connectivity index (χ1n) is 13.8. The number of carbonyl (C=O) groups is 2. The van der Waals surface area contributed by atoms with Crippen LogP contribution >= 0.6 is 0 Å². The fourth-order valence-corrected chi connectivity index (χ4v) is 5.81. The predicted octanol–water partition coefficient (Wildman–Crippen LogP) is 7.36. The van der Waals surface area contributed by atoms with E-state index < -0.39 is 0 Å². The van der Waals surface area contributed by atoms with E-state index in [2.05, 4.69) is 54.4 Å². The normalized spacial score (nSPS) is 16.1. The van der Waals surface area contributed by atoms with Crippen molar-refractivity contribution in [2.45, 2.75) is 38.6 Å². The maximum absolute atomic E-state index is 13.6. The van der Waals surface area contributed by atoms with Gasteiger partial charge >= 0.3 is 0 Å². The van der Waals surface area contributed by atoms with Gasteiger partial charge in [0.1, 0.15) is 0 Å². The van der Waals surface area contributed by atoms with E-state index in [0.29, 0.717) is 35.3 Å². The summed E-state index contributed by atoms with van der Waals surface area (Å²) in [5.41, 5.74) is 7.15. The highest BCUT2D eigenvalue weighted by atomic mass is 16.2. The summed E-state index contributed by atoms with van der Waals surface area (Å²) < 4.78 is 0. The Hall–Kier alpha value is -4.38. The van der Waals surface area contributed by atoms with E-state index in [4.69, 9.17) is 0 Å². The molecule has 1 fully saturated rings. The molecule has 2 aliphatic rings. The molecule has 0 unspecified atom stereocenters. The van der Waals surface area contributed by atoms with Gasteiger partial charge in [-0.3, -0.25) is 9.59 Å². The summed E-state index contributed by atoms with van der Waals surface area (Å²) in [4.78, 5) is 31.2. The van der Waals surface area contributed by atoms with Crippen LogP contribution in [0.2, 0.25) is 0 Å². The molecule has 0 spiro atoms. The molecule has 0 aliphatic carbocycles. The van der Waals surface area contributed by atoms with Crippen molar-refractivity contribution in [1.29, 1.82) is 0 Å². The average Bonchev–Trinajstić information content (AvgIpc) is 3.46. The lowest BCUT2D eigenvalue weighted by Gasteiger charge is -2.40. The largest absolute Gasteiger partial charge is 0.365 e. The third-order valence-corrected chi connectivity index (χ3v) is 7.95. The molecule has 196 valence electrons. The van der Waals surface area contributed by atoms with Gasteiger partial charge < -0.3 is 15.1 Å². The van der Waals surface area contributed by atoms with Crippen LogP contribution in [0.15, 0.2) is 97.1 Å². The summed E-state index contributed by atoms with van der Waals surface area (Å²) in [5.74, 6) is 0.264. The van der Waals surface area contributed by atoms with Gasteiger partial charge in [0.25, 0.3) is 11.8 Å². The van der Waals surface area contributed by atoms with Crippen molar-refractivity contribution < 1.29 is 9.59 Å². The van der Waals surface area contributed by atoms with Crippen LogP contribution in [0.5, 0.6) is 0 Å². The second-order valence-electron chi connectivity index (χ2n) is 10.7. The highest BCUT2D eigenvalue weighted by Crippen LogP contribution is 2.39. The van der Waals surface area contributed by atoms with Crippen molar-refractivity contribution in [3.05, 3.63) is 114 Å². The minimum atomic E-state index is -0.177. The van der Waals surface area contributed by atoms with Gasteiger partial charge in [-0.05, 0) is 77.9 Å². The van der Waals surface area contributed by atoms with Gasteiger partial charge in [0.15, 0.2) is 0 Å². The SMILES string of the molecule is CC(C)c1ccc(-c2ccccc2C(=O)Nc2ccc(C(=O)N3C[C@H]4CCCN4c4ccccc43)cc2)cc1. The molecule has 1 saturated heterocycles. The maximum atomic E-state index is 13.6. The Balaban J connectivity index is 1.20. The van der Waals surface area contributed by atoms with Crippen LogP contribution in [-0.4, -0.2) is 30.9 Å². The molecule has 2 heterocycles. The standard InChI is InChI=1S/C34H33N3O2/c1-23(2)24-13-15-25(16-14-24)29-9-3-4-10-30(29)33(38)35-27-19-17-26(18-20-27)34(39)37-22-28-8-7-21-36(28)31-11-5-6-12-32(31)37/h3-6,9-20,23,28H,7-8,21-22H2,1-2H3,(H,35,38)/t28-/m1/s1. The zero-order valence-electron chi connectivity index (χ0n) is 22.4. The molecule has 5 nitrogen and oxygen atoms in total. The number of benzene rings is 4. The molecule has 1 N–H and O–H groups in total. The number of carbonyl (C=O) groups excluding carboxylic acids is 2. The van der Waals surface area contributed by atoms with Gasteiger partial charge in [0, 0.05) is 35.9 Å². The maximum Gasteiger partial charge on any atom is 0.258 e. The third-order valence-electron chi connectivity index (χ3n) is 7.95. The monoisotopic (exact) mass is 515 g/mol. The summed E-state index contributed by atoms with van der Waals surface area (Å²) in [6, 6.07) is 31.8. The Morgan fingerprint density at radius 2 is 1.51 bits per heavy atom. The second-order valence-corrected chi connectivity index (χ2v) is 10.7. The van der Waals surface area contributed by atoms with Crippen molar-refractivity contribution in [2.24, 2.45) is 0 Å². The molecule has 0 bridgehead atoms. The number of fused-ring (bicyclic) bond motifs is 3. The molecule has 0 radical (unpaired) electrons. The predicted molar refractivity (Wildman–Crippen MR) is 159 cm³/mol. The molecule has 2 amide bonds. The molecular formula is C34H33N3O2. The first-order chi connectivity index (χ1) is 19.0. The Morgan fingerprint density at radius 1 is 0.821 bits per heavy atom. The number of rotatable bonds is 5. The van der Waals surface area contributed by atoms with Crippen molar-refractivity contribution in [2.75, 3.05) is 28.2 Å². The molecule has 1 atom stereocenters. The molecule has 4 aromatic rings. The van der Waals surface area contributed by atoms with Crippen molar-refractivity contribution in [3.63, 3.8) is 0 Å². The second kappa shape index (κ2) is 10.4. The molecule has 4 aromatic carbocycles. The number of hydrogen-bond acceptors (Lipinski definition) is 3. The fraction of sp³-hybridized carbons (Fsp3) is 0.235. The molecule has 39 heavy (non-hydrogen) atoms. The van der Waals surface area contributed by atoms with Gasteiger partial charge in [-0.2, -0.15) is 0 Å². The number of nitrogens with one attached hydrogen (secondary N) is 1. The van der Waals surface area contributed by atoms with Crippen molar-refractivity contribution >= 4 is 28.9 Å². The minimum absolute atomic E-state index is 0.0120. The minimum Gasteiger partial charge on any atom is -0.365 e. The van der Waals surface area contributed by atoms with E-state index in [1.54, 1.807) is 12.1 Å². The van der Waals surface area contributed by atoms with Gasteiger partial charge in [0.05, 0.1) is 11.4 Å². The van der Waals surface area contributed by atoms with E-state index in [0.717, 1.165) is 41.9 Å². The Bertz CT molecular complexity index is 1510. The van der Waals surface area contributed by atoms with Crippen LogP contribution in [-0.2, 0) is 0 Å². The summed E-state index contributed by atoms with van der Waals surface area (Å²) in [5, 5.41) is 3.02. The van der Waals surface area contributed by atoms with Crippen LogP contribution in [0.3, 0.4) is 0 Å². The zero-order valence-corrected chi connectivity index (χ0v) is 22.4. The zero-order chi connectivity index (χ0) is 26.9. The Labute approximate surface area is 230 Å². The van der Waals surface area contributed by atoms with E-state index in [1.165, 1.54) is 5.56 Å². The highest BCUT2D eigenvalue weighted by molar-refractivity contribution is 6.10. The first kappa shape index (κ1) is 24.9. The first-order valence-corrected chi connectivity index (χ1v) is 13.8. The number of amides is 2. The van der Waals surface area contributed by atoms with Crippen LogP contribution < -0.4 is 15.1 Å². The van der Waals surface area contributed by atoms with Crippen molar-refractivity contribution in [3.8, 4) is 11.1 Å².